The molecule has 1 spiro atoms. The van der Waals surface area contributed by atoms with E-state index in [1.54, 1.807) is 0 Å². The highest BCUT2D eigenvalue weighted by Crippen LogP contribution is 2.48. The van der Waals surface area contributed by atoms with Crippen LogP contribution in [0.25, 0.3) is 0 Å². The Balaban J connectivity index is 2.12. The van der Waals surface area contributed by atoms with E-state index in [0.717, 1.165) is 11.8 Å². The van der Waals surface area contributed by atoms with Gasteiger partial charge in [0.05, 0.1) is 11.7 Å². The molecular formula is C12H23NO. The lowest BCUT2D eigenvalue weighted by Gasteiger charge is -2.44. The van der Waals surface area contributed by atoms with E-state index >= 15 is 0 Å². The first-order valence-electron chi connectivity index (χ1n) is 6.07. The maximum atomic E-state index is 6.24. The summed E-state index contributed by atoms with van der Waals surface area (Å²) in [6.45, 7) is 5.41. The fraction of sp³-hybridized carbons (Fsp3) is 1.00. The van der Waals surface area contributed by atoms with Gasteiger partial charge in [-0.15, -0.1) is 0 Å². The van der Waals surface area contributed by atoms with Crippen LogP contribution in [0, 0.1) is 11.8 Å². The molecule has 82 valence electrons. The van der Waals surface area contributed by atoms with Crippen molar-refractivity contribution in [3.63, 3.8) is 0 Å². The zero-order valence-corrected chi connectivity index (χ0v) is 9.46. The van der Waals surface area contributed by atoms with Crippen LogP contribution in [0.4, 0.5) is 0 Å². The molecule has 2 nitrogen and oxygen atoms in total. The topological polar surface area (TPSA) is 35.2 Å². The number of nitrogens with two attached hydrogens (primary N) is 1. The van der Waals surface area contributed by atoms with Gasteiger partial charge < -0.3 is 10.5 Å². The van der Waals surface area contributed by atoms with Gasteiger partial charge in [-0.05, 0) is 37.5 Å². The minimum Gasteiger partial charge on any atom is -0.370 e. The van der Waals surface area contributed by atoms with Gasteiger partial charge in [-0.2, -0.15) is 0 Å². The van der Waals surface area contributed by atoms with Crippen molar-refractivity contribution < 1.29 is 4.74 Å². The summed E-state index contributed by atoms with van der Waals surface area (Å²) < 4.78 is 6.24. The molecule has 0 radical (unpaired) electrons. The van der Waals surface area contributed by atoms with E-state index in [0.29, 0.717) is 12.6 Å². The average molecular weight is 197 g/mol. The van der Waals surface area contributed by atoms with Crippen LogP contribution in [-0.4, -0.2) is 18.2 Å². The molecule has 0 amide bonds. The van der Waals surface area contributed by atoms with Gasteiger partial charge in [0.15, 0.2) is 0 Å². The second-order valence-corrected chi connectivity index (χ2v) is 5.20. The van der Waals surface area contributed by atoms with E-state index in [2.05, 4.69) is 13.8 Å². The highest BCUT2D eigenvalue weighted by molar-refractivity contribution is 4.99. The molecule has 2 N–H and O–H groups in total. The van der Waals surface area contributed by atoms with Crippen LogP contribution in [0.2, 0.25) is 0 Å². The third kappa shape index (κ3) is 1.49. The van der Waals surface area contributed by atoms with Crippen molar-refractivity contribution in [3.8, 4) is 0 Å². The third-order valence-electron chi connectivity index (χ3n) is 4.45. The summed E-state index contributed by atoms with van der Waals surface area (Å²) in [6, 6.07) is 0. The van der Waals surface area contributed by atoms with Gasteiger partial charge in [0, 0.05) is 6.54 Å². The van der Waals surface area contributed by atoms with Gasteiger partial charge in [0.2, 0.25) is 0 Å². The summed E-state index contributed by atoms with van der Waals surface area (Å²) in [6.07, 6.45) is 6.78. The van der Waals surface area contributed by atoms with Gasteiger partial charge in [-0.3, -0.25) is 0 Å². The number of hydrogen-bond acceptors (Lipinski definition) is 2. The average Bonchev–Trinajstić information content (AvgIpc) is 2.60. The molecule has 0 bridgehead atoms. The molecule has 14 heavy (non-hydrogen) atoms. The molecule has 2 heteroatoms. The fourth-order valence-electron chi connectivity index (χ4n) is 3.41. The highest BCUT2D eigenvalue weighted by atomic mass is 16.5. The predicted molar refractivity (Wildman–Crippen MR) is 58.1 cm³/mol. The molecule has 0 aromatic rings. The number of ether oxygens (including phenoxy) is 1. The van der Waals surface area contributed by atoms with Gasteiger partial charge in [0.25, 0.3) is 0 Å². The Bertz CT molecular complexity index is 194. The standard InChI is InChI=1S/C12H23NO/c1-9-4-3-5-10(2)12(9)7-6-11(8-13)14-12/h9-11H,3-8,13H2,1-2H3/t9-,10+,11-,12?/m0/s1. The molecule has 0 aromatic heterocycles. The SMILES string of the molecule is C[C@@H]1CCC[C@H](C)C12CC[C@@H](CN)O2. The predicted octanol–water partition coefficient (Wildman–Crippen LogP) is 2.32. The van der Waals surface area contributed by atoms with Crippen LogP contribution >= 0.6 is 0 Å². The third-order valence-corrected chi connectivity index (χ3v) is 4.45. The lowest BCUT2D eigenvalue weighted by molar-refractivity contribution is -0.124. The quantitative estimate of drug-likeness (QED) is 0.700. The Labute approximate surface area is 87.2 Å². The van der Waals surface area contributed by atoms with Crippen molar-refractivity contribution >= 4 is 0 Å². The van der Waals surface area contributed by atoms with Crippen molar-refractivity contribution in [3.05, 3.63) is 0 Å². The molecule has 0 aromatic carbocycles. The maximum absolute atomic E-state index is 6.24. The second-order valence-electron chi connectivity index (χ2n) is 5.20. The Morgan fingerprint density at radius 2 is 1.86 bits per heavy atom. The lowest BCUT2D eigenvalue weighted by Crippen LogP contribution is -2.46. The van der Waals surface area contributed by atoms with E-state index < -0.39 is 0 Å². The summed E-state index contributed by atoms with van der Waals surface area (Å²) in [7, 11) is 0. The van der Waals surface area contributed by atoms with Crippen LogP contribution < -0.4 is 5.73 Å². The molecular weight excluding hydrogens is 174 g/mol. The van der Waals surface area contributed by atoms with E-state index in [4.69, 9.17) is 10.5 Å². The molecule has 1 aliphatic heterocycles. The van der Waals surface area contributed by atoms with E-state index in [9.17, 15) is 0 Å². The first kappa shape index (κ1) is 10.4. The summed E-state index contributed by atoms with van der Waals surface area (Å²) in [5.74, 6) is 1.45. The van der Waals surface area contributed by atoms with Gasteiger partial charge in [-0.25, -0.2) is 0 Å². The van der Waals surface area contributed by atoms with E-state index in [1.807, 2.05) is 0 Å². The summed E-state index contributed by atoms with van der Waals surface area (Å²) in [4.78, 5) is 0. The molecule has 2 fully saturated rings. The maximum Gasteiger partial charge on any atom is 0.0738 e. The monoisotopic (exact) mass is 197 g/mol. The molecule has 1 saturated carbocycles. The minimum absolute atomic E-state index is 0.183. The normalized spacial score (nSPS) is 48.6. The highest BCUT2D eigenvalue weighted by Gasteiger charge is 2.49. The Hall–Kier alpha value is -0.0800. The molecule has 1 saturated heterocycles. The van der Waals surface area contributed by atoms with E-state index in [-0.39, 0.29) is 5.60 Å². The minimum atomic E-state index is 0.183. The van der Waals surface area contributed by atoms with Crippen molar-refractivity contribution in [1.29, 1.82) is 0 Å². The van der Waals surface area contributed by atoms with Crippen LogP contribution in [0.15, 0.2) is 0 Å². The molecule has 2 rings (SSSR count). The van der Waals surface area contributed by atoms with Crippen LogP contribution in [0.3, 0.4) is 0 Å². The molecule has 1 heterocycles. The van der Waals surface area contributed by atoms with Gasteiger partial charge in [0.1, 0.15) is 0 Å². The second kappa shape index (κ2) is 3.82. The largest absolute Gasteiger partial charge is 0.370 e. The van der Waals surface area contributed by atoms with E-state index in [1.165, 1.54) is 32.1 Å². The molecule has 2 aliphatic rings. The summed E-state index contributed by atoms with van der Waals surface area (Å²) in [5, 5.41) is 0. The lowest BCUT2D eigenvalue weighted by atomic mass is 9.68. The van der Waals surface area contributed by atoms with Crippen molar-refractivity contribution in [2.45, 2.75) is 57.7 Å². The van der Waals surface area contributed by atoms with Crippen molar-refractivity contribution in [2.75, 3.05) is 6.54 Å². The Morgan fingerprint density at radius 1 is 1.21 bits per heavy atom. The van der Waals surface area contributed by atoms with Crippen molar-refractivity contribution in [1.82, 2.24) is 0 Å². The zero-order chi connectivity index (χ0) is 10.2. The van der Waals surface area contributed by atoms with Crippen LogP contribution in [0.1, 0.15) is 46.0 Å². The zero-order valence-electron chi connectivity index (χ0n) is 9.46. The van der Waals surface area contributed by atoms with Crippen LogP contribution in [-0.2, 0) is 4.74 Å². The number of rotatable bonds is 1. The number of hydrogen-bond donors (Lipinski definition) is 1. The Kier molecular flexibility index (Phi) is 2.85. The summed E-state index contributed by atoms with van der Waals surface area (Å²) >= 11 is 0. The first-order chi connectivity index (χ1) is 6.69. The van der Waals surface area contributed by atoms with Gasteiger partial charge >= 0.3 is 0 Å². The molecule has 1 aliphatic carbocycles. The first-order valence-corrected chi connectivity index (χ1v) is 6.07. The smallest absolute Gasteiger partial charge is 0.0738 e. The Morgan fingerprint density at radius 3 is 2.36 bits per heavy atom. The molecule has 1 unspecified atom stereocenters. The van der Waals surface area contributed by atoms with Gasteiger partial charge in [-0.1, -0.05) is 20.3 Å². The molecule has 4 atom stereocenters. The fourth-order valence-corrected chi connectivity index (χ4v) is 3.41. The van der Waals surface area contributed by atoms with Crippen LogP contribution in [0.5, 0.6) is 0 Å². The summed E-state index contributed by atoms with van der Waals surface area (Å²) in [5.41, 5.74) is 5.87. The van der Waals surface area contributed by atoms with Crippen molar-refractivity contribution in [2.24, 2.45) is 17.6 Å².